The summed E-state index contributed by atoms with van der Waals surface area (Å²) < 4.78 is 87.8. The number of halogens is 6. The molecule has 21 heteroatoms. The molecular formula is C39H34F6N10O5. The Morgan fingerprint density at radius 1 is 1.00 bits per heavy atom. The van der Waals surface area contributed by atoms with Crippen LogP contribution in [0.25, 0.3) is 17.1 Å². The number of oxazole rings is 1. The molecule has 4 amide bonds. The van der Waals surface area contributed by atoms with Gasteiger partial charge in [-0.1, -0.05) is 6.07 Å². The van der Waals surface area contributed by atoms with Crippen molar-refractivity contribution < 1.29 is 49.9 Å². The number of amides is 4. The number of hydrogen-bond acceptors (Lipinski definition) is 11. The molecule has 2 saturated heterocycles. The smallest absolute Gasteiger partial charge is 0.405 e. The van der Waals surface area contributed by atoms with E-state index >= 15 is 4.39 Å². The molecule has 8 rings (SSSR count). The van der Waals surface area contributed by atoms with Crippen LogP contribution in [0.3, 0.4) is 0 Å². The van der Waals surface area contributed by atoms with Gasteiger partial charge in [-0.2, -0.15) is 18.3 Å². The number of pyridine rings is 1. The highest BCUT2D eigenvalue weighted by Crippen LogP contribution is 2.32. The van der Waals surface area contributed by atoms with Crippen LogP contribution < -0.4 is 20.9 Å². The largest absolute Gasteiger partial charge is 0.444 e. The maximum atomic E-state index is 15.3. The van der Waals surface area contributed by atoms with Gasteiger partial charge in [-0.25, -0.2) is 27.8 Å². The molecule has 2 aromatic carbocycles. The third kappa shape index (κ3) is 8.51. The molecule has 6 heterocycles. The lowest BCUT2D eigenvalue weighted by atomic mass is 10.0. The number of piperazine rings is 1. The standard InChI is InChI=1S/C39H34F6N10O5/c40-26-14-21(13-23-17-54(38(59)32(23)26)29-5-6-31(56)50-36(29)58)16-52-9-11-53(12-10-52)24-1-3-25(4-2-24)55-18-27(33(51-55)34(41)42)48-35(57)28-19-60-37(49-28)22-7-8-46-30(15-22)47-20-39(43,44)45/h1-4,7-8,13-15,18-19,29,34H,5-6,9-12,16-17,20H2,(H,46,47)(H,48,57)(H,50,56,58). The molecule has 3 N–H and O–H groups in total. The zero-order valence-electron chi connectivity index (χ0n) is 31.3. The van der Waals surface area contributed by atoms with Gasteiger partial charge < -0.3 is 24.9 Å². The Kier molecular flexibility index (Phi) is 10.8. The van der Waals surface area contributed by atoms with Gasteiger partial charge in [-0.15, -0.1) is 0 Å². The topological polar surface area (TPSA) is 171 Å². The van der Waals surface area contributed by atoms with Crippen molar-refractivity contribution >= 4 is 40.8 Å². The second kappa shape index (κ2) is 16.1. The fraction of sp³-hybridized carbons (Fsp3) is 0.308. The second-order valence-electron chi connectivity index (χ2n) is 14.4. The Morgan fingerprint density at radius 3 is 2.47 bits per heavy atom. The van der Waals surface area contributed by atoms with Gasteiger partial charge in [0.25, 0.3) is 18.2 Å². The van der Waals surface area contributed by atoms with Crippen LogP contribution in [0.1, 0.15) is 56.9 Å². The van der Waals surface area contributed by atoms with E-state index in [2.05, 4.69) is 40.8 Å². The summed E-state index contributed by atoms with van der Waals surface area (Å²) in [6, 6.07) is 12.0. The van der Waals surface area contributed by atoms with Gasteiger partial charge in [-0.3, -0.25) is 29.4 Å². The quantitative estimate of drug-likeness (QED) is 0.116. The lowest BCUT2D eigenvalue weighted by molar-refractivity contribution is -0.137. The number of nitrogens with one attached hydrogen (secondary N) is 3. The summed E-state index contributed by atoms with van der Waals surface area (Å²) in [5.41, 5.74) is 1.41. The molecule has 1 unspecified atom stereocenters. The van der Waals surface area contributed by atoms with E-state index in [4.69, 9.17) is 4.42 Å². The van der Waals surface area contributed by atoms with Gasteiger partial charge in [0.05, 0.1) is 23.1 Å². The van der Waals surface area contributed by atoms with E-state index in [1.165, 1.54) is 40.2 Å². The SMILES string of the molecule is O=C1CCC(N2Cc3cc(CN4CCN(c5ccc(-n6cc(NC(=O)c7coc(-c8ccnc(NCC(F)(F)F)c8)n7)c(C(F)F)n6)cc5)CC4)cc(F)c3C2=O)C(=O)N1. The van der Waals surface area contributed by atoms with Gasteiger partial charge in [0, 0.05) is 63.1 Å². The molecular weight excluding hydrogens is 802 g/mol. The number of alkyl halides is 5. The van der Waals surface area contributed by atoms with Crippen molar-refractivity contribution in [2.75, 3.05) is 48.3 Å². The summed E-state index contributed by atoms with van der Waals surface area (Å²) >= 11 is 0. The maximum Gasteiger partial charge on any atom is 0.405 e. The van der Waals surface area contributed by atoms with Crippen LogP contribution in [0.5, 0.6) is 0 Å². The zero-order valence-corrected chi connectivity index (χ0v) is 31.3. The van der Waals surface area contributed by atoms with Gasteiger partial charge >= 0.3 is 6.18 Å². The van der Waals surface area contributed by atoms with Crippen LogP contribution in [0.15, 0.2) is 71.6 Å². The number of anilines is 3. The predicted molar refractivity (Wildman–Crippen MR) is 201 cm³/mol. The summed E-state index contributed by atoms with van der Waals surface area (Å²) in [4.78, 5) is 63.5. The summed E-state index contributed by atoms with van der Waals surface area (Å²) in [5.74, 6) is -3.29. The highest BCUT2D eigenvalue weighted by Gasteiger charge is 2.41. The van der Waals surface area contributed by atoms with Crippen LogP contribution >= 0.6 is 0 Å². The fourth-order valence-electron chi connectivity index (χ4n) is 7.38. The second-order valence-corrected chi connectivity index (χ2v) is 14.4. The number of nitrogens with zero attached hydrogens (tertiary/aromatic N) is 7. The minimum Gasteiger partial charge on any atom is -0.444 e. The maximum absolute atomic E-state index is 15.3. The van der Waals surface area contributed by atoms with Gasteiger partial charge in [0.2, 0.25) is 17.7 Å². The summed E-state index contributed by atoms with van der Waals surface area (Å²) in [5, 5.41) is 10.8. The molecule has 0 saturated carbocycles. The highest BCUT2D eigenvalue weighted by molar-refractivity contribution is 6.05. The Hall–Kier alpha value is -6.77. The van der Waals surface area contributed by atoms with Crippen molar-refractivity contribution in [3.63, 3.8) is 0 Å². The predicted octanol–water partition coefficient (Wildman–Crippen LogP) is 5.31. The van der Waals surface area contributed by atoms with Crippen LogP contribution in [0.4, 0.5) is 43.5 Å². The first-order chi connectivity index (χ1) is 28.7. The van der Waals surface area contributed by atoms with E-state index in [1.807, 2.05) is 12.1 Å². The van der Waals surface area contributed by atoms with E-state index in [9.17, 15) is 41.1 Å². The number of piperidine rings is 1. The highest BCUT2D eigenvalue weighted by atomic mass is 19.4. The number of carbonyl (C=O) groups is 4. The van der Waals surface area contributed by atoms with Crippen molar-refractivity contribution in [1.29, 1.82) is 0 Å². The first-order valence-corrected chi connectivity index (χ1v) is 18.6. The normalized spacial score (nSPS) is 17.3. The van der Waals surface area contributed by atoms with Gasteiger partial charge in [0.1, 0.15) is 30.5 Å². The Balaban J connectivity index is 0.871. The van der Waals surface area contributed by atoms with Crippen LogP contribution in [-0.4, -0.2) is 98.1 Å². The average Bonchev–Trinajstić information content (AvgIpc) is 3.96. The van der Waals surface area contributed by atoms with Crippen LogP contribution in [-0.2, 0) is 22.7 Å². The molecule has 2 fully saturated rings. The Bertz CT molecular complexity index is 2460. The molecule has 0 aliphatic carbocycles. The van der Waals surface area contributed by atoms with Crippen LogP contribution in [0.2, 0.25) is 0 Å². The molecule has 15 nitrogen and oxygen atoms in total. The van der Waals surface area contributed by atoms with Crippen molar-refractivity contribution in [2.45, 2.75) is 44.6 Å². The third-order valence-electron chi connectivity index (χ3n) is 10.3. The van der Waals surface area contributed by atoms with E-state index in [1.54, 1.807) is 18.2 Å². The van der Waals surface area contributed by atoms with Gasteiger partial charge in [0.15, 0.2) is 11.4 Å². The minimum absolute atomic E-state index is 0.0513. The first-order valence-electron chi connectivity index (χ1n) is 18.6. The summed E-state index contributed by atoms with van der Waals surface area (Å²) in [6.07, 6.45) is -3.79. The third-order valence-corrected chi connectivity index (χ3v) is 10.3. The van der Waals surface area contributed by atoms with Crippen molar-refractivity contribution in [2.24, 2.45) is 0 Å². The van der Waals surface area contributed by atoms with Crippen molar-refractivity contribution in [3.8, 4) is 17.1 Å². The van der Waals surface area contributed by atoms with Crippen molar-refractivity contribution in [3.05, 3.63) is 101 Å². The molecule has 0 spiro atoms. The zero-order chi connectivity index (χ0) is 42.3. The lowest BCUT2D eigenvalue weighted by Gasteiger charge is -2.36. The first kappa shape index (κ1) is 40.0. The number of hydrogen-bond donors (Lipinski definition) is 3. The van der Waals surface area contributed by atoms with E-state index in [0.29, 0.717) is 49.5 Å². The monoisotopic (exact) mass is 836 g/mol. The van der Waals surface area contributed by atoms with E-state index < -0.39 is 60.3 Å². The number of carbonyl (C=O) groups excluding carboxylic acids is 4. The molecule has 3 aromatic heterocycles. The lowest BCUT2D eigenvalue weighted by Crippen LogP contribution is -2.52. The summed E-state index contributed by atoms with van der Waals surface area (Å²) in [7, 11) is 0. The number of rotatable bonds is 11. The van der Waals surface area contributed by atoms with E-state index in [-0.39, 0.29) is 53.6 Å². The fourth-order valence-corrected chi connectivity index (χ4v) is 7.38. The van der Waals surface area contributed by atoms with E-state index in [0.717, 1.165) is 12.0 Å². The molecule has 1 atom stereocenters. The number of imide groups is 1. The van der Waals surface area contributed by atoms with Gasteiger partial charge in [-0.05, 0) is 60.0 Å². The number of benzene rings is 2. The average molecular weight is 837 g/mol. The molecule has 0 bridgehead atoms. The molecule has 0 radical (unpaired) electrons. The molecule has 3 aliphatic heterocycles. The molecule has 3 aliphatic rings. The Labute approximate surface area is 336 Å². The number of fused-ring (bicyclic) bond motifs is 1. The molecule has 60 heavy (non-hydrogen) atoms. The number of aromatic nitrogens is 4. The molecule has 312 valence electrons. The minimum atomic E-state index is -4.48. The Morgan fingerprint density at radius 2 is 1.75 bits per heavy atom. The summed E-state index contributed by atoms with van der Waals surface area (Å²) in [6.45, 7) is 1.72. The van der Waals surface area contributed by atoms with Crippen LogP contribution in [0, 0.1) is 5.82 Å². The van der Waals surface area contributed by atoms with Crippen molar-refractivity contribution in [1.82, 2.24) is 34.9 Å². The molecule has 5 aromatic rings.